The van der Waals surface area contributed by atoms with E-state index in [4.69, 9.17) is 5.73 Å². The minimum Gasteiger partial charge on any atom is -0.508 e. The van der Waals surface area contributed by atoms with Gasteiger partial charge in [0.2, 0.25) is 0 Å². The van der Waals surface area contributed by atoms with E-state index in [0.717, 1.165) is 0 Å². The number of hydrogen-bond donors (Lipinski definition) is 3. The molecule has 0 unspecified atom stereocenters. The van der Waals surface area contributed by atoms with Crippen molar-refractivity contribution in [3.8, 4) is 5.75 Å². The normalized spacial score (nSPS) is 11.3. The maximum atomic E-state index is 11.0. The number of benzene rings is 1. The molecule has 0 bridgehead atoms. The molecule has 1 aromatic rings. The lowest BCUT2D eigenvalue weighted by molar-refractivity contribution is -0.116. The van der Waals surface area contributed by atoms with Crippen molar-refractivity contribution >= 4 is 30.4 Å². The van der Waals surface area contributed by atoms with Gasteiger partial charge in [-0.2, -0.15) is 0 Å². The first-order valence-corrected chi connectivity index (χ1v) is 5.36. The third kappa shape index (κ3) is 3.96. The van der Waals surface area contributed by atoms with E-state index in [2.05, 4.69) is 12.6 Å². The average Bonchev–Trinajstić information content (AvgIpc) is 2.22. The van der Waals surface area contributed by atoms with Crippen LogP contribution < -0.4 is 5.73 Å². The standard InChI is InChI=1S/C12H13NO3S/c1-7(14)4-9-5-8(2-3-10(9)15)6-11(17)12(13)16/h2-3,5-6,15,17H,4H2,1H3,(H2,13,16)/b11-6+. The second-order valence-corrected chi connectivity index (χ2v) is 4.14. The fourth-order valence-corrected chi connectivity index (χ4v) is 1.48. The highest BCUT2D eigenvalue weighted by atomic mass is 32.1. The lowest BCUT2D eigenvalue weighted by atomic mass is 10.0. The van der Waals surface area contributed by atoms with Crippen molar-refractivity contribution < 1.29 is 14.7 Å². The lowest BCUT2D eigenvalue weighted by Crippen LogP contribution is -2.09. The Bertz CT molecular complexity index is 495. The molecule has 0 aliphatic heterocycles. The van der Waals surface area contributed by atoms with Crippen LogP contribution in [0.2, 0.25) is 0 Å². The molecule has 0 spiro atoms. The predicted molar refractivity (Wildman–Crippen MR) is 68.6 cm³/mol. The molecular formula is C12H13NO3S. The van der Waals surface area contributed by atoms with E-state index in [0.29, 0.717) is 11.1 Å². The van der Waals surface area contributed by atoms with Crippen molar-refractivity contribution in [1.29, 1.82) is 0 Å². The van der Waals surface area contributed by atoms with Crippen LogP contribution in [0.4, 0.5) is 0 Å². The van der Waals surface area contributed by atoms with Gasteiger partial charge in [0.25, 0.3) is 5.91 Å². The van der Waals surface area contributed by atoms with Gasteiger partial charge in [-0.3, -0.25) is 9.59 Å². The fourth-order valence-electron chi connectivity index (χ4n) is 1.33. The Morgan fingerprint density at radius 2 is 2.12 bits per heavy atom. The van der Waals surface area contributed by atoms with Gasteiger partial charge >= 0.3 is 0 Å². The van der Waals surface area contributed by atoms with E-state index in [9.17, 15) is 14.7 Å². The molecule has 1 aromatic carbocycles. The number of rotatable bonds is 4. The molecule has 0 aromatic heterocycles. The number of aromatic hydroxyl groups is 1. The third-order valence-electron chi connectivity index (χ3n) is 2.10. The van der Waals surface area contributed by atoms with Gasteiger partial charge in [-0.15, -0.1) is 12.6 Å². The van der Waals surface area contributed by atoms with Crippen LogP contribution in [0.5, 0.6) is 5.75 Å². The van der Waals surface area contributed by atoms with Gasteiger partial charge in [0, 0.05) is 12.0 Å². The molecule has 0 radical (unpaired) electrons. The van der Waals surface area contributed by atoms with Gasteiger partial charge in [-0.25, -0.2) is 0 Å². The first kappa shape index (κ1) is 13.3. The van der Waals surface area contributed by atoms with Crippen LogP contribution in [0, 0.1) is 0 Å². The van der Waals surface area contributed by atoms with Crippen molar-refractivity contribution in [1.82, 2.24) is 0 Å². The topological polar surface area (TPSA) is 80.4 Å². The molecule has 5 heteroatoms. The van der Waals surface area contributed by atoms with E-state index >= 15 is 0 Å². The molecule has 0 aliphatic carbocycles. The van der Waals surface area contributed by atoms with Gasteiger partial charge in [0.15, 0.2) is 0 Å². The van der Waals surface area contributed by atoms with Crippen LogP contribution in [0.1, 0.15) is 18.1 Å². The number of phenols is 1. The van der Waals surface area contributed by atoms with E-state index in [1.54, 1.807) is 12.1 Å². The Kier molecular flexibility index (Phi) is 4.34. The van der Waals surface area contributed by atoms with Gasteiger partial charge in [0.1, 0.15) is 11.5 Å². The van der Waals surface area contributed by atoms with Crippen LogP contribution in [0.25, 0.3) is 6.08 Å². The predicted octanol–water partition coefficient (Wildman–Crippen LogP) is 1.28. The largest absolute Gasteiger partial charge is 0.508 e. The number of primary amides is 1. The Morgan fingerprint density at radius 3 is 2.65 bits per heavy atom. The van der Waals surface area contributed by atoms with Gasteiger partial charge in [-0.05, 0) is 30.7 Å². The Hall–Kier alpha value is -1.75. The third-order valence-corrected chi connectivity index (χ3v) is 2.45. The maximum Gasteiger partial charge on any atom is 0.254 e. The van der Waals surface area contributed by atoms with Gasteiger partial charge in [0.05, 0.1) is 4.91 Å². The van der Waals surface area contributed by atoms with E-state index in [-0.39, 0.29) is 22.9 Å². The highest BCUT2D eigenvalue weighted by Crippen LogP contribution is 2.21. The number of carbonyl (C=O) groups excluding carboxylic acids is 2. The van der Waals surface area contributed by atoms with Crippen LogP contribution in [0.3, 0.4) is 0 Å². The molecule has 1 rings (SSSR count). The van der Waals surface area contributed by atoms with Crippen LogP contribution in [-0.4, -0.2) is 16.8 Å². The first-order valence-electron chi connectivity index (χ1n) is 4.92. The summed E-state index contributed by atoms with van der Waals surface area (Å²) in [7, 11) is 0. The molecule has 3 N–H and O–H groups in total. The van der Waals surface area contributed by atoms with Crippen molar-refractivity contribution in [3.63, 3.8) is 0 Å². The van der Waals surface area contributed by atoms with E-state index < -0.39 is 5.91 Å². The molecule has 4 nitrogen and oxygen atoms in total. The smallest absolute Gasteiger partial charge is 0.254 e. The van der Waals surface area contributed by atoms with Gasteiger partial charge < -0.3 is 10.8 Å². The first-order chi connectivity index (χ1) is 7.90. The fraction of sp³-hybridized carbons (Fsp3) is 0.167. The number of Topliss-reactive ketones (excluding diaryl/α,β-unsaturated/α-hetero) is 1. The molecule has 0 atom stereocenters. The van der Waals surface area contributed by atoms with Crippen LogP contribution in [0.15, 0.2) is 23.1 Å². The number of thiol groups is 1. The second kappa shape index (κ2) is 5.54. The number of carbonyl (C=O) groups is 2. The van der Waals surface area contributed by atoms with E-state index in [1.807, 2.05) is 0 Å². The number of nitrogens with two attached hydrogens (primary N) is 1. The average molecular weight is 251 g/mol. The molecule has 1 amide bonds. The quantitative estimate of drug-likeness (QED) is 0.557. The molecule has 17 heavy (non-hydrogen) atoms. The minimum absolute atomic E-state index is 0.0529. The van der Waals surface area contributed by atoms with Crippen molar-refractivity contribution in [2.24, 2.45) is 5.73 Å². The van der Waals surface area contributed by atoms with Gasteiger partial charge in [-0.1, -0.05) is 6.07 Å². The highest BCUT2D eigenvalue weighted by Gasteiger charge is 2.06. The summed E-state index contributed by atoms with van der Waals surface area (Å²) < 4.78 is 0. The number of ketones is 1. The van der Waals surface area contributed by atoms with E-state index in [1.165, 1.54) is 19.1 Å². The molecular weight excluding hydrogens is 238 g/mol. The van der Waals surface area contributed by atoms with Crippen molar-refractivity contribution in [2.45, 2.75) is 13.3 Å². The number of hydrogen-bond acceptors (Lipinski definition) is 4. The molecule has 0 saturated heterocycles. The Balaban J connectivity index is 3.08. The summed E-state index contributed by atoms with van der Waals surface area (Å²) in [4.78, 5) is 21.9. The molecule has 0 fully saturated rings. The van der Waals surface area contributed by atoms with Crippen molar-refractivity contribution in [3.05, 3.63) is 34.2 Å². The summed E-state index contributed by atoms with van der Waals surface area (Å²) in [5.41, 5.74) is 6.21. The Labute approximate surface area is 105 Å². The summed E-state index contributed by atoms with van der Waals surface area (Å²) in [5, 5.41) is 9.54. The highest BCUT2D eigenvalue weighted by molar-refractivity contribution is 7.85. The number of phenolic OH excluding ortho intramolecular Hbond substituents is 1. The van der Waals surface area contributed by atoms with Crippen molar-refractivity contribution in [2.75, 3.05) is 0 Å². The minimum atomic E-state index is -0.630. The zero-order chi connectivity index (χ0) is 13.0. The summed E-state index contributed by atoms with van der Waals surface area (Å²) in [5.74, 6) is -0.630. The molecule has 0 heterocycles. The lowest BCUT2D eigenvalue weighted by Gasteiger charge is -2.04. The SMILES string of the molecule is CC(=O)Cc1cc(/C=C(/S)C(N)=O)ccc1O. The zero-order valence-corrected chi connectivity index (χ0v) is 10.2. The van der Waals surface area contributed by atoms with Crippen LogP contribution in [-0.2, 0) is 16.0 Å². The summed E-state index contributed by atoms with van der Waals surface area (Å²) >= 11 is 3.92. The second-order valence-electron chi connectivity index (χ2n) is 3.66. The summed E-state index contributed by atoms with van der Waals surface area (Å²) in [6.45, 7) is 1.44. The zero-order valence-electron chi connectivity index (χ0n) is 9.30. The molecule has 0 aliphatic rings. The Morgan fingerprint density at radius 1 is 1.47 bits per heavy atom. The summed E-state index contributed by atoms with van der Waals surface area (Å²) in [6, 6.07) is 4.69. The summed E-state index contributed by atoms with van der Waals surface area (Å²) in [6.07, 6.45) is 1.63. The maximum absolute atomic E-state index is 11.0. The molecule has 0 saturated carbocycles. The van der Waals surface area contributed by atoms with Crippen LogP contribution >= 0.6 is 12.6 Å². The monoisotopic (exact) mass is 251 g/mol. The number of amides is 1. The molecule has 90 valence electrons.